The molecule has 0 fully saturated rings. The number of amides is 1. The van der Waals surface area contributed by atoms with Crippen LogP contribution < -0.4 is 5.32 Å². The van der Waals surface area contributed by atoms with E-state index in [0.29, 0.717) is 16.3 Å². The van der Waals surface area contributed by atoms with Crippen molar-refractivity contribution in [2.45, 2.75) is 11.8 Å². The van der Waals surface area contributed by atoms with Gasteiger partial charge in [0.1, 0.15) is 0 Å². The molecule has 0 spiro atoms. The van der Waals surface area contributed by atoms with Gasteiger partial charge in [0.05, 0.1) is 16.8 Å². The van der Waals surface area contributed by atoms with E-state index < -0.39 is 15.9 Å². The van der Waals surface area contributed by atoms with Crippen molar-refractivity contribution < 1.29 is 17.6 Å². The molecule has 0 atom stereocenters. The number of anilines is 1. The normalized spacial score (nSPS) is 11.4. The van der Waals surface area contributed by atoms with Crippen LogP contribution in [0.2, 0.25) is 5.02 Å². The molecule has 1 N–H and O–H groups in total. The van der Waals surface area contributed by atoms with Gasteiger partial charge in [-0.05, 0) is 48.9 Å². The number of hydrogen-bond donors (Lipinski definition) is 1. The van der Waals surface area contributed by atoms with Crippen LogP contribution >= 0.6 is 11.6 Å². The second-order valence-corrected chi connectivity index (χ2v) is 7.32. The van der Waals surface area contributed by atoms with Crippen molar-refractivity contribution in [3.8, 4) is 0 Å². The summed E-state index contributed by atoms with van der Waals surface area (Å²) in [7, 11) is -3.77. The zero-order chi connectivity index (χ0) is 17.3. The molecule has 2 aromatic heterocycles. The predicted molar refractivity (Wildman–Crippen MR) is 89.9 cm³/mol. The Kier molecular flexibility index (Phi) is 4.21. The summed E-state index contributed by atoms with van der Waals surface area (Å²) in [6.45, 7) is 1.67. The van der Waals surface area contributed by atoms with Gasteiger partial charge >= 0.3 is 0 Å². The number of benzene rings is 1. The van der Waals surface area contributed by atoms with Crippen molar-refractivity contribution in [3.63, 3.8) is 0 Å². The predicted octanol–water partition coefficient (Wildman–Crippen LogP) is 3.53. The fourth-order valence-electron chi connectivity index (χ4n) is 2.22. The monoisotopic (exact) mass is 364 g/mol. The molecule has 8 heteroatoms. The van der Waals surface area contributed by atoms with Gasteiger partial charge in [-0.15, -0.1) is 0 Å². The fourth-order valence-corrected chi connectivity index (χ4v) is 3.85. The van der Waals surface area contributed by atoms with E-state index >= 15 is 0 Å². The Morgan fingerprint density at radius 2 is 2.04 bits per heavy atom. The molecule has 0 unspecified atom stereocenters. The molecule has 124 valence electrons. The Hall–Kier alpha value is -2.51. The van der Waals surface area contributed by atoms with Crippen LogP contribution in [0.3, 0.4) is 0 Å². The third-order valence-corrected chi connectivity index (χ3v) is 5.39. The van der Waals surface area contributed by atoms with Crippen molar-refractivity contribution in [2.24, 2.45) is 0 Å². The second-order valence-electron chi connectivity index (χ2n) is 5.08. The minimum absolute atomic E-state index is 0.138. The zero-order valence-corrected chi connectivity index (χ0v) is 14.1. The summed E-state index contributed by atoms with van der Waals surface area (Å²) < 4.78 is 31.4. The number of carbonyl (C=O) groups excluding carboxylic acids is 1. The number of nitrogens with one attached hydrogen (secondary N) is 1. The highest BCUT2D eigenvalue weighted by Crippen LogP contribution is 2.23. The van der Waals surface area contributed by atoms with Crippen LogP contribution in [0, 0.1) is 6.92 Å². The van der Waals surface area contributed by atoms with Crippen LogP contribution in [-0.2, 0) is 10.0 Å². The maximum Gasteiger partial charge on any atom is 0.291 e. The molecule has 24 heavy (non-hydrogen) atoms. The first-order chi connectivity index (χ1) is 11.4. The minimum Gasteiger partial charge on any atom is -0.459 e. The van der Waals surface area contributed by atoms with Crippen LogP contribution in [0.25, 0.3) is 0 Å². The van der Waals surface area contributed by atoms with Crippen molar-refractivity contribution in [3.05, 3.63) is 71.4 Å². The number of halogens is 1. The van der Waals surface area contributed by atoms with Crippen LogP contribution in [-0.4, -0.2) is 18.3 Å². The van der Waals surface area contributed by atoms with E-state index in [1.807, 2.05) is 0 Å². The van der Waals surface area contributed by atoms with E-state index in [0.717, 1.165) is 3.97 Å². The fraction of sp³-hybridized carbons (Fsp3) is 0.0625. The van der Waals surface area contributed by atoms with Crippen LogP contribution in [0.15, 0.2) is 64.4 Å². The Morgan fingerprint density at radius 3 is 2.71 bits per heavy atom. The highest BCUT2D eigenvalue weighted by molar-refractivity contribution is 7.90. The van der Waals surface area contributed by atoms with Crippen molar-refractivity contribution >= 4 is 33.2 Å². The first kappa shape index (κ1) is 16.4. The van der Waals surface area contributed by atoms with E-state index in [-0.39, 0.29) is 10.7 Å². The highest BCUT2D eigenvalue weighted by Gasteiger charge is 2.20. The molecule has 3 aromatic rings. The second kappa shape index (κ2) is 6.18. The lowest BCUT2D eigenvalue weighted by atomic mass is 10.2. The first-order valence-electron chi connectivity index (χ1n) is 6.92. The Balaban J connectivity index is 1.88. The van der Waals surface area contributed by atoms with Gasteiger partial charge in [-0.3, -0.25) is 4.79 Å². The SMILES string of the molecule is Cc1cc(Cl)ccc1S(=O)(=O)n1ccc(NC(=O)c2ccco2)c1. The zero-order valence-electron chi connectivity index (χ0n) is 12.6. The standard InChI is InChI=1S/C16H13ClN2O4S/c1-11-9-12(17)4-5-15(11)24(21,22)19-7-6-13(10-19)18-16(20)14-3-2-8-23-14/h2-10H,1H3,(H,18,20). The molecule has 0 aliphatic rings. The molecule has 0 aliphatic carbocycles. The van der Waals surface area contributed by atoms with Gasteiger partial charge in [0.25, 0.3) is 15.9 Å². The van der Waals surface area contributed by atoms with E-state index in [9.17, 15) is 13.2 Å². The molecule has 3 rings (SSSR count). The summed E-state index contributed by atoms with van der Waals surface area (Å²) in [6, 6.07) is 9.15. The molecule has 0 saturated heterocycles. The lowest BCUT2D eigenvalue weighted by Gasteiger charge is -2.09. The maximum atomic E-state index is 12.7. The van der Waals surface area contributed by atoms with Gasteiger partial charge in [0.15, 0.2) is 5.76 Å². The number of hydrogen-bond acceptors (Lipinski definition) is 4. The van der Waals surface area contributed by atoms with E-state index in [4.69, 9.17) is 16.0 Å². The van der Waals surface area contributed by atoms with Crippen molar-refractivity contribution in [1.82, 2.24) is 3.97 Å². The number of carbonyl (C=O) groups is 1. The summed E-state index contributed by atoms with van der Waals surface area (Å²) in [6.07, 6.45) is 4.07. The number of furan rings is 1. The lowest BCUT2D eigenvalue weighted by molar-refractivity contribution is 0.0996. The third kappa shape index (κ3) is 3.08. The summed E-state index contributed by atoms with van der Waals surface area (Å²) >= 11 is 5.87. The Bertz CT molecular complexity index is 991. The molecule has 0 bridgehead atoms. The first-order valence-corrected chi connectivity index (χ1v) is 8.74. The van der Waals surface area contributed by atoms with Gasteiger partial charge in [-0.2, -0.15) is 0 Å². The highest BCUT2D eigenvalue weighted by atomic mass is 35.5. The molecule has 0 aliphatic heterocycles. The van der Waals surface area contributed by atoms with E-state index in [2.05, 4.69) is 5.32 Å². The number of aryl methyl sites for hydroxylation is 1. The average Bonchev–Trinajstić information content (AvgIpc) is 3.18. The van der Waals surface area contributed by atoms with Crippen LogP contribution in [0.5, 0.6) is 0 Å². The van der Waals surface area contributed by atoms with E-state index in [1.165, 1.54) is 42.9 Å². The molecule has 1 amide bonds. The summed E-state index contributed by atoms with van der Waals surface area (Å²) in [5.74, 6) is -0.322. The van der Waals surface area contributed by atoms with Crippen molar-refractivity contribution in [1.29, 1.82) is 0 Å². The number of aromatic nitrogens is 1. The number of nitrogens with zero attached hydrogens (tertiary/aromatic N) is 1. The van der Waals surface area contributed by atoms with E-state index in [1.54, 1.807) is 19.1 Å². The molecule has 1 aromatic carbocycles. The summed E-state index contributed by atoms with van der Waals surface area (Å²) in [4.78, 5) is 12.1. The van der Waals surface area contributed by atoms with Gasteiger partial charge < -0.3 is 9.73 Å². The van der Waals surface area contributed by atoms with Gasteiger partial charge in [-0.25, -0.2) is 12.4 Å². The molecular formula is C16H13ClN2O4S. The topological polar surface area (TPSA) is 81.3 Å². The third-order valence-electron chi connectivity index (χ3n) is 3.36. The number of rotatable bonds is 4. The van der Waals surface area contributed by atoms with Gasteiger partial charge in [0.2, 0.25) is 0 Å². The molecule has 2 heterocycles. The molecular weight excluding hydrogens is 352 g/mol. The van der Waals surface area contributed by atoms with Crippen molar-refractivity contribution in [2.75, 3.05) is 5.32 Å². The largest absolute Gasteiger partial charge is 0.459 e. The average molecular weight is 365 g/mol. The molecule has 0 radical (unpaired) electrons. The smallest absolute Gasteiger partial charge is 0.291 e. The summed E-state index contributed by atoms with van der Waals surface area (Å²) in [5, 5.41) is 3.04. The molecule has 0 saturated carbocycles. The lowest BCUT2D eigenvalue weighted by Crippen LogP contribution is -2.13. The van der Waals surface area contributed by atoms with Gasteiger partial charge in [-0.1, -0.05) is 11.6 Å². The Morgan fingerprint density at radius 1 is 1.25 bits per heavy atom. The van der Waals surface area contributed by atoms with Gasteiger partial charge in [0, 0.05) is 17.4 Å². The minimum atomic E-state index is -3.77. The Labute approximate surface area is 143 Å². The summed E-state index contributed by atoms with van der Waals surface area (Å²) in [5.41, 5.74) is 0.879. The van der Waals surface area contributed by atoms with Crippen LogP contribution in [0.1, 0.15) is 16.1 Å². The van der Waals surface area contributed by atoms with Crippen LogP contribution in [0.4, 0.5) is 5.69 Å². The molecule has 6 nitrogen and oxygen atoms in total. The quantitative estimate of drug-likeness (QED) is 0.767. The maximum absolute atomic E-state index is 12.7.